The molecule has 96 valence electrons. The molecule has 0 aliphatic carbocycles. The molecule has 0 spiro atoms. The molecule has 0 aliphatic rings. The molecule has 0 fully saturated rings. The van der Waals surface area contributed by atoms with Crippen LogP contribution in [-0.4, -0.2) is 18.2 Å². The van der Waals surface area contributed by atoms with Crippen LogP contribution in [0.15, 0.2) is 54.6 Å². The quantitative estimate of drug-likeness (QED) is 0.838. The molecular formula is C16H14O3. The molecule has 0 heterocycles. The smallest absolute Gasteiger partial charge is 0.336 e. The molecule has 0 bridgehead atoms. The van der Waals surface area contributed by atoms with Crippen LogP contribution in [0.5, 0.6) is 5.75 Å². The van der Waals surface area contributed by atoms with Gasteiger partial charge in [-0.05, 0) is 24.3 Å². The summed E-state index contributed by atoms with van der Waals surface area (Å²) in [6.45, 7) is 0. The van der Waals surface area contributed by atoms with Crippen LogP contribution in [0.2, 0.25) is 0 Å². The predicted octanol–water partition coefficient (Wildman–Crippen LogP) is 3.06. The molecule has 0 aromatic heterocycles. The van der Waals surface area contributed by atoms with Gasteiger partial charge >= 0.3 is 5.97 Å². The molecule has 2 rings (SSSR count). The molecule has 0 aliphatic heterocycles. The van der Waals surface area contributed by atoms with E-state index in [1.807, 2.05) is 30.3 Å². The first-order valence-electron chi connectivity index (χ1n) is 5.57. The van der Waals surface area contributed by atoms with E-state index in [1.54, 1.807) is 25.3 Å². The Morgan fingerprint density at radius 2 is 1.68 bits per heavy atom. The molecule has 0 unspecified atom stereocenters. The maximum atomic E-state index is 10.5. The van der Waals surface area contributed by atoms with Gasteiger partial charge in [-0.15, -0.1) is 6.42 Å². The van der Waals surface area contributed by atoms with E-state index in [4.69, 9.17) is 16.3 Å². The van der Waals surface area contributed by atoms with Crippen LogP contribution in [0.25, 0.3) is 0 Å². The number of hydrogen-bond donors (Lipinski definition) is 1. The Kier molecular flexibility index (Phi) is 5.71. The second-order valence-electron chi connectivity index (χ2n) is 3.51. The Hall–Kier alpha value is -2.73. The third-order valence-corrected chi connectivity index (χ3v) is 2.29. The number of carbonyl (C=O) groups is 1. The number of ether oxygens (including phenoxy) is 1. The largest absolute Gasteiger partial charge is 0.497 e. The third-order valence-electron chi connectivity index (χ3n) is 2.29. The van der Waals surface area contributed by atoms with Gasteiger partial charge in [-0.25, -0.2) is 4.79 Å². The Morgan fingerprint density at radius 1 is 1.11 bits per heavy atom. The molecule has 0 radical (unpaired) electrons. The van der Waals surface area contributed by atoms with Gasteiger partial charge < -0.3 is 9.84 Å². The van der Waals surface area contributed by atoms with E-state index in [-0.39, 0.29) is 5.56 Å². The van der Waals surface area contributed by atoms with Crippen molar-refractivity contribution in [3.8, 4) is 18.1 Å². The van der Waals surface area contributed by atoms with Crippen molar-refractivity contribution in [2.45, 2.75) is 0 Å². The third kappa shape index (κ3) is 4.57. The lowest BCUT2D eigenvalue weighted by molar-refractivity contribution is 0.0696. The number of para-hydroxylation sites is 1. The molecule has 0 amide bonds. The van der Waals surface area contributed by atoms with Gasteiger partial charge in [0, 0.05) is 5.56 Å². The van der Waals surface area contributed by atoms with Crippen molar-refractivity contribution in [1.29, 1.82) is 0 Å². The fraction of sp³-hybridized carbons (Fsp3) is 0.0625. The zero-order valence-electron chi connectivity index (χ0n) is 10.5. The van der Waals surface area contributed by atoms with E-state index >= 15 is 0 Å². The lowest BCUT2D eigenvalue weighted by Gasteiger charge is -1.95. The van der Waals surface area contributed by atoms with Gasteiger partial charge in [0.05, 0.1) is 12.7 Å². The fourth-order valence-electron chi connectivity index (χ4n) is 1.35. The molecular weight excluding hydrogens is 240 g/mol. The number of rotatable bonds is 2. The van der Waals surface area contributed by atoms with Crippen LogP contribution < -0.4 is 4.74 Å². The highest BCUT2D eigenvalue weighted by Crippen LogP contribution is 2.06. The van der Waals surface area contributed by atoms with Gasteiger partial charge in [0.1, 0.15) is 5.75 Å². The van der Waals surface area contributed by atoms with Crippen molar-refractivity contribution in [1.82, 2.24) is 0 Å². The van der Waals surface area contributed by atoms with Gasteiger partial charge in [-0.2, -0.15) is 0 Å². The molecule has 19 heavy (non-hydrogen) atoms. The first kappa shape index (κ1) is 14.3. The average molecular weight is 254 g/mol. The standard InChI is InChI=1S/C9H6O2.C7H8O/c1-2-7-5-3-4-6-8(7)9(10)11;1-8-7-5-3-2-4-6-7/h1,3-6H,(H,10,11);2-6H,1H3. The zero-order valence-corrected chi connectivity index (χ0v) is 10.5. The SMILES string of the molecule is C#Cc1ccccc1C(=O)O.COc1ccccc1. The van der Waals surface area contributed by atoms with Gasteiger partial charge in [0.2, 0.25) is 0 Å². The molecule has 3 nitrogen and oxygen atoms in total. The first-order chi connectivity index (χ1) is 9.19. The summed E-state index contributed by atoms with van der Waals surface area (Å²) in [5, 5.41) is 8.60. The number of hydrogen-bond acceptors (Lipinski definition) is 2. The van der Waals surface area contributed by atoms with E-state index in [1.165, 1.54) is 6.07 Å². The fourth-order valence-corrected chi connectivity index (χ4v) is 1.35. The summed E-state index contributed by atoms with van der Waals surface area (Å²) in [6, 6.07) is 16.1. The van der Waals surface area contributed by atoms with Crippen LogP contribution >= 0.6 is 0 Å². The molecule has 0 atom stereocenters. The lowest BCUT2D eigenvalue weighted by atomic mass is 10.1. The molecule has 1 N–H and O–H groups in total. The molecule has 0 saturated heterocycles. The van der Waals surface area contributed by atoms with E-state index in [2.05, 4.69) is 5.92 Å². The van der Waals surface area contributed by atoms with Crippen molar-refractivity contribution in [3.05, 3.63) is 65.7 Å². The highest BCUT2D eigenvalue weighted by molar-refractivity contribution is 5.90. The van der Waals surface area contributed by atoms with Gasteiger partial charge in [0.25, 0.3) is 0 Å². The number of carboxylic acids is 1. The Bertz CT molecular complexity index is 568. The van der Waals surface area contributed by atoms with E-state index in [0.717, 1.165) is 5.75 Å². The Balaban J connectivity index is 0.000000200. The van der Waals surface area contributed by atoms with Crippen LogP contribution in [-0.2, 0) is 0 Å². The molecule has 0 saturated carbocycles. The van der Waals surface area contributed by atoms with Gasteiger partial charge in [-0.3, -0.25) is 0 Å². The Morgan fingerprint density at radius 3 is 2.11 bits per heavy atom. The molecule has 2 aromatic rings. The number of methoxy groups -OCH3 is 1. The second-order valence-corrected chi connectivity index (χ2v) is 3.51. The second kappa shape index (κ2) is 7.57. The van der Waals surface area contributed by atoms with Gasteiger partial charge in [-0.1, -0.05) is 36.3 Å². The van der Waals surface area contributed by atoms with Crippen LogP contribution in [0.4, 0.5) is 0 Å². The van der Waals surface area contributed by atoms with Gasteiger partial charge in [0.15, 0.2) is 0 Å². The summed E-state index contributed by atoms with van der Waals surface area (Å²) in [4.78, 5) is 10.5. The van der Waals surface area contributed by atoms with Crippen LogP contribution in [0.3, 0.4) is 0 Å². The van der Waals surface area contributed by atoms with Crippen molar-refractivity contribution in [2.75, 3.05) is 7.11 Å². The highest BCUT2D eigenvalue weighted by atomic mass is 16.5. The van der Waals surface area contributed by atoms with Crippen LogP contribution in [0, 0.1) is 12.3 Å². The summed E-state index contributed by atoms with van der Waals surface area (Å²) in [7, 11) is 1.66. The monoisotopic (exact) mass is 254 g/mol. The molecule has 3 heteroatoms. The number of carboxylic acid groups (broad SMARTS) is 1. The lowest BCUT2D eigenvalue weighted by Crippen LogP contribution is -1.98. The normalized spacial score (nSPS) is 8.63. The number of terminal acetylenes is 1. The number of benzene rings is 2. The minimum atomic E-state index is -0.987. The number of aromatic carboxylic acids is 1. The highest BCUT2D eigenvalue weighted by Gasteiger charge is 2.05. The minimum absolute atomic E-state index is 0.176. The maximum Gasteiger partial charge on any atom is 0.336 e. The summed E-state index contributed by atoms with van der Waals surface area (Å²) in [6.07, 6.45) is 5.08. The summed E-state index contributed by atoms with van der Waals surface area (Å²) in [5.74, 6) is 2.22. The minimum Gasteiger partial charge on any atom is -0.497 e. The predicted molar refractivity (Wildman–Crippen MR) is 74.3 cm³/mol. The molecule has 2 aromatic carbocycles. The summed E-state index contributed by atoms with van der Waals surface area (Å²) < 4.78 is 4.91. The van der Waals surface area contributed by atoms with E-state index in [9.17, 15) is 4.79 Å². The Labute approximate surface area is 112 Å². The summed E-state index contributed by atoms with van der Waals surface area (Å²) >= 11 is 0. The van der Waals surface area contributed by atoms with Crippen LogP contribution in [0.1, 0.15) is 15.9 Å². The summed E-state index contributed by atoms with van der Waals surface area (Å²) in [5.41, 5.74) is 0.593. The average Bonchev–Trinajstić information content (AvgIpc) is 2.48. The topological polar surface area (TPSA) is 46.5 Å². The maximum absolute atomic E-state index is 10.5. The van der Waals surface area contributed by atoms with E-state index < -0.39 is 5.97 Å². The van der Waals surface area contributed by atoms with E-state index in [0.29, 0.717) is 5.56 Å². The van der Waals surface area contributed by atoms with Crippen molar-refractivity contribution in [3.63, 3.8) is 0 Å². The first-order valence-corrected chi connectivity index (χ1v) is 5.57. The zero-order chi connectivity index (χ0) is 14.1. The van der Waals surface area contributed by atoms with Crippen molar-refractivity contribution < 1.29 is 14.6 Å². The van der Waals surface area contributed by atoms with Crippen molar-refractivity contribution in [2.24, 2.45) is 0 Å². The van der Waals surface area contributed by atoms with Crippen molar-refractivity contribution >= 4 is 5.97 Å².